The minimum absolute atomic E-state index is 0.367. The van der Waals surface area contributed by atoms with Crippen molar-refractivity contribution in [2.75, 3.05) is 0 Å². The molecule has 1 N–H and O–H groups in total. The van der Waals surface area contributed by atoms with E-state index in [2.05, 4.69) is 47.6 Å². The molecule has 1 heteroatoms. The molecule has 0 aromatic carbocycles. The molecule has 0 spiro atoms. The van der Waals surface area contributed by atoms with Gasteiger partial charge in [0.05, 0.1) is 5.60 Å². The molecular weight excluding hydrogens is 364 g/mol. The van der Waals surface area contributed by atoms with E-state index in [4.69, 9.17) is 0 Å². The Labute approximate surface area is 187 Å². The Bertz CT molecular complexity index is 651. The van der Waals surface area contributed by atoms with Gasteiger partial charge in [-0.15, -0.1) is 0 Å². The first kappa shape index (κ1) is 22.9. The van der Waals surface area contributed by atoms with Crippen LogP contribution in [0.3, 0.4) is 0 Å². The van der Waals surface area contributed by atoms with Crippen molar-refractivity contribution in [1.82, 2.24) is 0 Å². The lowest BCUT2D eigenvalue weighted by atomic mass is 9.46. The van der Waals surface area contributed by atoms with Gasteiger partial charge in [0.2, 0.25) is 0 Å². The highest BCUT2D eigenvalue weighted by molar-refractivity contribution is 5.27. The Morgan fingerprint density at radius 3 is 2.47 bits per heavy atom. The van der Waals surface area contributed by atoms with Crippen molar-refractivity contribution < 1.29 is 5.11 Å². The average molecular weight is 415 g/mol. The van der Waals surface area contributed by atoms with Gasteiger partial charge in [-0.25, -0.2) is 0 Å². The number of allylic oxidation sites excluding steroid dienone is 1. The maximum absolute atomic E-state index is 11.0. The van der Waals surface area contributed by atoms with E-state index in [1.807, 2.05) is 0 Å². The number of hydrogen-bond acceptors (Lipinski definition) is 1. The normalized spacial score (nSPS) is 47.6. The Morgan fingerprint density at radius 2 is 1.77 bits per heavy atom. The van der Waals surface area contributed by atoms with Gasteiger partial charge in [0.25, 0.3) is 0 Å². The summed E-state index contributed by atoms with van der Waals surface area (Å²) in [6.45, 7) is 14.8. The molecule has 0 amide bonds. The Balaban J connectivity index is 1.51. The van der Waals surface area contributed by atoms with Crippen molar-refractivity contribution in [3.05, 3.63) is 11.6 Å². The van der Waals surface area contributed by atoms with E-state index in [-0.39, 0.29) is 0 Å². The molecule has 4 aliphatic carbocycles. The highest BCUT2D eigenvalue weighted by Gasteiger charge is 2.59. The lowest BCUT2D eigenvalue weighted by molar-refractivity contribution is -0.0755. The average Bonchev–Trinajstić information content (AvgIpc) is 3.09. The van der Waals surface area contributed by atoms with Crippen LogP contribution in [-0.2, 0) is 0 Å². The number of aliphatic hydroxyl groups is 1. The van der Waals surface area contributed by atoms with Gasteiger partial charge in [-0.2, -0.15) is 0 Å². The third-order valence-corrected chi connectivity index (χ3v) is 11.5. The van der Waals surface area contributed by atoms with Crippen molar-refractivity contribution in [2.24, 2.45) is 46.3 Å². The van der Waals surface area contributed by atoms with E-state index in [0.29, 0.717) is 10.8 Å². The van der Waals surface area contributed by atoms with Crippen LogP contribution < -0.4 is 0 Å². The fourth-order valence-corrected chi connectivity index (χ4v) is 8.94. The predicted octanol–water partition coefficient (Wildman–Crippen LogP) is 8.17. The zero-order valence-corrected chi connectivity index (χ0v) is 21.0. The maximum Gasteiger partial charge on any atom is 0.0682 e. The molecule has 0 aromatic rings. The molecule has 9 atom stereocenters. The third kappa shape index (κ3) is 3.64. The van der Waals surface area contributed by atoms with Crippen LogP contribution in [0.5, 0.6) is 0 Å². The SMILES string of the molecule is CC[C@@H](C)CC[C@@H](C)[C@H]1CC[C@H]2[C@@H]3CC=C4C[C@](O)(CC)CC[C@]4(C)[C@H]3CC[C@]12C. The molecule has 3 saturated carbocycles. The molecular formula is C29H50O. The number of rotatable bonds is 6. The molecule has 0 saturated heterocycles. The monoisotopic (exact) mass is 414 g/mol. The number of fused-ring (bicyclic) bond motifs is 5. The first-order valence-electron chi connectivity index (χ1n) is 13.6. The second kappa shape index (κ2) is 8.24. The Hall–Kier alpha value is -0.300. The zero-order chi connectivity index (χ0) is 21.7. The lowest BCUT2D eigenvalue weighted by Gasteiger charge is -2.59. The molecule has 1 nitrogen and oxygen atoms in total. The highest BCUT2D eigenvalue weighted by Crippen LogP contribution is 2.67. The fraction of sp³-hybridized carbons (Fsp3) is 0.931. The van der Waals surface area contributed by atoms with Gasteiger partial charge in [-0.3, -0.25) is 0 Å². The first-order chi connectivity index (χ1) is 14.2. The van der Waals surface area contributed by atoms with Gasteiger partial charge < -0.3 is 5.11 Å². The largest absolute Gasteiger partial charge is 0.390 e. The smallest absolute Gasteiger partial charge is 0.0682 e. The molecule has 0 unspecified atom stereocenters. The molecule has 0 bridgehead atoms. The molecule has 0 heterocycles. The van der Waals surface area contributed by atoms with Crippen LogP contribution in [0.25, 0.3) is 0 Å². The summed E-state index contributed by atoms with van der Waals surface area (Å²) in [6.07, 6.45) is 18.0. The second-order valence-electron chi connectivity index (χ2n) is 12.8. The number of hydrogen-bond donors (Lipinski definition) is 1. The Morgan fingerprint density at radius 1 is 1.00 bits per heavy atom. The Kier molecular flexibility index (Phi) is 6.28. The van der Waals surface area contributed by atoms with E-state index >= 15 is 0 Å². The minimum Gasteiger partial charge on any atom is -0.390 e. The third-order valence-electron chi connectivity index (χ3n) is 11.5. The van der Waals surface area contributed by atoms with Gasteiger partial charge in [0, 0.05) is 0 Å². The maximum atomic E-state index is 11.0. The summed E-state index contributed by atoms with van der Waals surface area (Å²) in [5.74, 6) is 5.44. The minimum atomic E-state index is -0.426. The second-order valence-corrected chi connectivity index (χ2v) is 12.8. The lowest BCUT2D eigenvalue weighted by Crippen LogP contribution is -2.52. The van der Waals surface area contributed by atoms with Crippen molar-refractivity contribution in [3.63, 3.8) is 0 Å². The molecule has 0 radical (unpaired) electrons. The summed E-state index contributed by atoms with van der Waals surface area (Å²) >= 11 is 0. The van der Waals surface area contributed by atoms with E-state index in [1.165, 1.54) is 57.8 Å². The van der Waals surface area contributed by atoms with Crippen LogP contribution in [0.2, 0.25) is 0 Å². The molecule has 4 rings (SSSR count). The molecule has 3 fully saturated rings. The molecule has 0 aromatic heterocycles. The highest BCUT2D eigenvalue weighted by atomic mass is 16.3. The van der Waals surface area contributed by atoms with Gasteiger partial charge >= 0.3 is 0 Å². The summed E-state index contributed by atoms with van der Waals surface area (Å²) in [5.41, 5.74) is 2.15. The van der Waals surface area contributed by atoms with Crippen molar-refractivity contribution >= 4 is 0 Å². The molecule has 30 heavy (non-hydrogen) atoms. The van der Waals surface area contributed by atoms with Gasteiger partial charge in [0.1, 0.15) is 0 Å². The zero-order valence-electron chi connectivity index (χ0n) is 21.0. The van der Waals surface area contributed by atoms with E-state index in [0.717, 1.165) is 54.8 Å². The van der Waals surface area contributed by atoms with Crippen LogP contribution in [-0.4, -0.2) is 10.7 Å². The van der Waals surface area contributed by atoms with E-state index in [1.54, 1.807) is 5.57 Å². The van der Waals surface area contributed by atoms with Gasteiger partial charge in [0.15, 0.2) is 0 Å². The molecule has 0 aliphatic heterocycles. The topological polar surface area (TPSA) is 20.2 Å². The van der Waals surface area contributed by atoms with Crippen molar-refractivity contribution in [1.29, 1.82) is 0 Å². The fourth-order valence-electron chi connectivity index (χ4n) is 8.94. The summed E-state index contributed by atoms with van der Waals surface area (Å²) in [4.78, 5) is 0. The van der Waals surface area contributed by atoms with Crippen LogP contribution in [0.4, 0.5) is 0 Å². The first-order valence-corrected chi connectivity index (χ1v) is 13.6. The van der Waals surface area contributed by atoms with Crippen LogP contribution in [0, 0.1) is 46.3 Å². The van der Waals surface area contributed by atoms with Crippen molar-refractivity contribution in [2.45, 2.75) is 124 Å². The van der Waals surface area contributed by atoms with Gasteiger partial charge in [-0.1, -0.05) is 72.5 Å². The van der Waals surface area contributed by atoms with Crippen LogP contribution in [0.1, 0.15) is 119 Å². The van der Waals surface area contributed by atoms with Crippen LogP contribution >= 0.6 is 0 Å². The van der Waals surface area contributed by atoms with E-state index in [9.17, 15) is 5.11 Å². The predicted molar refractivity (Wildman–Crippen MR) is 128 cm³/mol. The van der Waals surface area contributed by atoms with E-state index < -0.39 is 5.60 Å². The van der Waals surface area contributed by atoms with Crippen molar-refractivity contribution in [3.8, 4) is 0 Å². The quantitative estimate of drug-likeness (QED) is 0.434. The summed E-state index contributed by atoms with van der Waals surface area (Å²) in [5, 5.41) is 11.0. The van der Waals surface area contributed by atoms with Gasteiger partial charge in [-0.05, 0) is 104 Å². The summed E-state index contributed by atoms with van der Waals surface area (Å²) in [7, 11) is 0. The standard InChI is InChI=1S/C29H50O/c1-7-20(3)9-10-21(4)24-13-14-25-23-12-11-22-19-29(30,8-2)18-17-27(22,5)26(23)15-16-28(24,25)6/h11,20-21,23-26,30H,7-10,12-19H2,1-6H3/t20-,21-,23+,24-,25+,26+,27+,28-,29+/m1/s1. The molecule has 172 valence electrons. The van der Waals surface area contributed by atoms with Crippen LogP contribution in [0.15, 0.2) is 11.6 Å². The summed E-state index contributed by atoms with van der Waals surface area (Å²) < 4.78 is 0. The summed E-state index contributed by atoms with van der Waals surface area (Å²) in [6, 6.07) is 0. The molecule has 4 aliphatic rings.